The second kappa shape index (κ2) is 9.44. The normalized spacial score (nSPS) is 17.9. The number of hydrogen-bond acceptors (Lipinski definition) is 6. The van der Waals surface area contributed by atoms with E-state index < -0.39 is 24.2 Å². The number of pyridine rings is 2. The first-order valence-electron chi connectivity index (χ1n) is 14.0. The molecule has 0 saturated heterocycles. The predicted molar refractivity (Wildman–Crippen MR) is 145 cm³/mol. The average molecular weight is 566 g/mol. The predicted octanol–water partition coefficient (Wildman–Crippen LogP) is 5.05. The maximum atomic E-state index is 16.3. The number of rotatable bonds is 5. The van der Waals surface area contributed by atoms with E-state index >= 15 is 8.78 Å². The van der Waals surface area contributed by atoms with Crippen molar-refractivity contribution in [2.45, 2.75) is 46.0 Å². The van der Waals surface area contributed by atoms with E-state index in [1.165, 1.54) is 29.2 Å². The highest BCUT2D eigenvalue weighted by molar-refractivity contribution is 6.31. The van der Waals surface area contributed by atoms with Crippen molar-refractivity contribution >= 4 is 11.6 Å². The molecule has 9 nitrogen and oxygen atoms in total. The third kappa shape index (κ3) is 4.12. The maximum Gasteiger partial charge on any atom is 0.274 e. The molecule has 204 valence electrons. The molecular weight excluding hydrogens is 538 g/mol. The van der Waals surface area contributed by atoms with Gasteiger partial charge in [-0.15, -0.1) is 0 Å². The first-order valence-corrected chi connectivity index (χ1v) is 12.9. The van der Waals surface area contributed by atoms with Crippen LogP contribution in [0.25, 0.3) is 22.6 Å². The van der Waals surface area contributed by atoms with Crippen LogP contribution in [-0.2, 0) is 6.98 Å². The van der Waals surface area contributed by atoms with Gasteiger partial charge in [-0.25, -0.2) is 18.4 Å². The van der Waals surface area contributed by atoms with Crippen molar-refractivity contribution in [2.24, 2.45) is 6.98 Å². The van der Waals surface area contributed by atoms with E-state index in [9.17, 15) is 4.79 Å². The molecule has 0 spiro atoms. The number of halogens is 3. The minimum atomic E-state index is -2.50. The van der Waals surface area contributed by atoms with Crippen LogP contribution in [0.3, 0.4) is 0 Å². The summed E-state index contributed by atoms with van der Waals surface area (Å²) in [4.78, 5) is 22.8. The van der Waals surface area contributed by atoms with Crippen molar-refractivity contribution < 1.29 is 12.9 Å². The Labute approximate surface area is 237 Å². The molecule has 2 atom stereocenters. The molecule has 4 heterocycles. The van der Waals surface area contributed by atoms with Gasteiger partial charge in [-0.2, -0.15) is 20.1 Å². The lowest BCUT2D eigenvalue weighted by Crippen LogP contribution is -2.24. The lowest BCUT2D eigenvalue weighted by atomic mass is 10.0. The summed E-state index contributed by atoms with van der Waals surface area (Å²) in [7, 11) is 0. The van der Waals surface area contributed by atoms with Crippen molar-refractivity contribution in [3.05, 3.63) is 97.8 Å². The van der Waals surface area contributed by atoms with E-state index in [-0.39, 0.29) is 39.5 Å². The number of nitrogens with zero attached hydrogens (tertiary/aromatic N) is 8. The topological polar surface area (TPSA) is 96.3 Å². The molecule has 6 rings (SSSR count). The van der Waals surface area contributed by atoms with Crippen LogP contribution < -0.4 is 5.56 Å². The Morgan fingerprint density at radius 3 is 2.58 bits per heavy atom. The molecule has 1 saturated carbocycles. The van der Waals surface area contributed by atoms with Crippen LogP contribution in [-0.4, -0.2) is 39.3 Å². The highest BCUT2D eigenvalue weighted by Gasteiger charge is 2.43. The lowest BCUT2D eigenvalue weighted by molar-refractivity contribution is 0.594. The Morgan fingerprint density at radius 2 is 1.88 bits per heavy atom. The summed E-state index contributed by atoms with van der Waals surface area (Å²) in [6.45, 7) is 4.12. The maximum absolute atomic E-state index is 16.3. The summed E-state index contributed by atoms with van der Waals surface area (Å²) in [5.41, 5.74) is 0.755. The second-order valence-electron chi connectivity index (χ2n) is 9.91. The van der Waals surface area contributed by atoms with Gasteiger partial charge in [0.15, 0.2) is 11.6 Å². The molecule has 0 aliphatic heterocycles. The average Bonchev–Trinajstić information content (AvgIpc) is 3.40. The van der Waals surface area contributed by atoms with Gasteiger partial charge in [-0.3, -0.25) is 14.3 Å². The van der Waals surface area contributed by atoms with Crippen LogP contribution in [0.5, 0.6) is 0 Å². The molecule has 40 heavy (non-hydrogen) atoms. The number of aryl methyl sites for hydroxylation is 5. The largest absolute Gasteiger partial charge is 0.277 e. The molecule has 1 fully saturated rings. The van der Waals surface area contributed by atoms with Crippen LogP contribution in [0.4, 0.5) is 8.78 Å². The third-order valence-corrected chi connectivity index (χ3v) is 7.56. The molecule has 5 aromatic rings. The van der Waals surface area contributed by atoms with Crippen LogP contribution in [0.1, 0.15) is 56.5 Å². The number of benzene rings is 1. The molecule has 0 radical (unpaired) electrons. The first-order chi connectivity index (χ1) is 20.3. The number of hydrogen-bond donors (Lipinski definition) is 0. The molecule has 1 aliphatic carbocycles. The summed E-state index contributed by atoms with van der Waals surface area (Å²) in [6, 6.07) is 6.19. The molecule has 1 aliphatic rings. The quantitative estimate of drug-likeness (QED) is 0.296. The molecule has 0 amide bonds. The standard InChI is InChI=1S/C28H25ClF2N8O/c1-13-11-32-26(17-7-6-8-22(24(17)30)39-16(4)34-15(3)35-39)25(31)27(13)38-14(2)9-20(23(29)28(38)40)18-10-19(18)21-12-33-37(5)36-21/h6-9,11-12,18-19H,10H2,1-5H3/t18-,19-/m0/s1/i5D3. The molecular formula is C28H25ClF2N8O. The van der Waals surface area contributed by atoms with Gasteiger partial charge in [-0.1, -0.05) is 17.7 Å². The summed E-state index contributed by atoms with van der Waals surface area (Å²) in [6.07, 6.45) is 3.37. The smallest absolute Gasteiger partial charge is 0.274 e. The van der Waals surface area contributed by atoms with Crippen molar-refractivity contribution in [3.63, 3.8) is 0 Å². The fourth-order valence-electron chi connectivity index (χ4n) is 5.23. The molecule has 4 aromatic heterocycles. The van der Waals surface area contributed by atoms with Gasteiger partial charge in [0, 0.05) is 34.5 Å². The molecule has 12 heteroatoms. The van der Waals surface area contributed by atoms with E-state index in [2.05, 4.69) is 25.3 Å². The lowest BCUT2D eigenvalue weighted by Gasteiger charge is -2.18. The SMILES string of the molecule is [2H]C([2H])([2H])n1ncc([C@H]2C[C@@H]2c2cc(C)n(-c3c(C)cnc(-c4cccc(-n5nc(C)nc5C)c4F)c3F)c(=O)c2Cl)n1. The van der Waals surface area contributed by atoms with Gasteiger partial charge in [0.05, 0.1) is 17.6 Å². The van der Waals surface area contributed by atoms with Crippen LogP contribution >= 0.6 is 11.6 Å². The monoisotopic (exact) mass is 565 g/mol. The van der Waals surface area contributed by atoms with Crippen molar-refractivity contribution in [2.75, 3.05) is 0 Å². The van der Waals surface area contributed by atoms with Crippen LogP contribution in [0, 0.1) is 39.3 Å². The zero-order valence-corrected chi connectivity index (χ0v) is 22.7. The van der Waals surface area contributed by atoms with Gasteiger partial charge in [-0.05, 0) is 69.4 Å². The summed E-state index contributed by atoms with van der Waals surface area (Å²) in [5.74, 6) is -1.06. The van der Waals surface area contributed by atoms with E-state index in [0.29, 0.717) is 45.4 Å². The van der Waals surface area contributed by atoms with E-state index in [4.69, 9.17) is 15.7 Å². The zero-order chi connectivity index (χ0) is 31.0. The third-order valence-electron chi connectivity index (χ3n) is 7.18. The van der Waals surface area contributed by atoms with Gasteiger partial charge >= 0.3 is 0 Å². The fourth-order valence-corrected chi connectivity index (χ4v) is 5.51. The minimum absolute atomic E-state index is 0.0811. The first kappa shape index (κ1) is 22.6. The second-order valence-corrected chi connectivity index (χ2v) is 10.3. The zero-order valence-electron chi connectivity index (χ0n) is 24.9. The Balaban J connectivity index is 1.41. The molecule has 0 N–H and O–H groups in total. The summed E-state index contributed by atoms with van der Waals surface area (Å²) in [5, 5.41) is 12.1. The van der Waals surface area contributed by atoms with Gasteiger partial charge < -0.3 is 0 Å². The van der Waals surface area contributed by atoms with Crippen molar-refractivity contribution in [3.8, 4) is 22.6 Å². The number of aromatic nitrogens is 8. The van der Waals surface area contributed by atoms with E-state index in [0.717, 1.165) is 4.57 Å². The van der Waals surface area contributed by atoms with Crippen molar-refractivity contribution in [1.29, 1.82) is 0 Å². The Bertz CT molecular complexity index is 1980. The highest BCUT2D eigenvalue weighted by Crippen LogP contribution is 2.55. The molecule has 0 bridgehead atoms. The Hall–Kier alpha value is -4.25. The molecule has 1 aromatic carbocycles. The van der Waals surface area contributed by atoms with Gasteiger partial charge in [0.25, 0.3) is 5.56 Å². The highest BCUT2D eigenvalue weighted by atomic mass is 35.5. The van der Waals surface area contributed by atoms with Crippen molar-refractivity contribution in [1.82, 2.24) is 39.3 Å². The Morgan fingerprint density at radius 1 is 1.07 bits per heavy atom. The summed E-state index contributed by atoms with van der Waals surface area (Å²) >= 11 is 6.60. The van der Waals surface area contributed by atoms with E-state index in [1.807, 2.05) is 0 Å². The fraction of sp³-hybridized carbons (Fsp3) is 0.286. The van der Waals surface area contributed by atoms with E-state index in [1.54, 1.807) is 39.8 Å². The van der Waals surface area contributed by atoms with Crippen LogP contribution in [0.15, 0.2) is 41.5 Å². The minimum Gasteiger partial charge on any atom is -0.277 e. The van der Waals surface area contributed by atoms with Crippen LogP contribution in [0.2, 0.25) is 5.02 Å². The Kier molecular flexibility index (Phi) is 5.32. The summed E-state index contributed by atoms with van der Waals surface area (Å²) < 4.78 is 57.1. The van der Waals surface area contributed by atoms with Gasteiger partial charge in [0.1, 0.15) is 28.1 Å². The molecule has 0 unspecified atom stereocenters. The van der Waals surface area contributed by atoms with Gasteiger partial charge in [0.2, 0.25) is 0 Å².